The number of rotatable bonds is 44. The van der Waals surface area contributed by atoms with Crippen molar-refractivity contribution in [1.29, 1.82) is 0 Å². The Kier molecular flexibility index (Phi) is 29.1. The van der Waals surface area contributed by atoms with Crippen molar-refractivity contribution in [1.82, 2.24) is 14.5 Å². The van der Waals surface area contributed by atoms with Gasteiger partial charge in [-0.2, -0.15) is 0 Å². The molecule has 4 heterocycles. The highest BCUT2D eigenvalue weighted by Crippen LogP contribution is 2.45. The molecule has 0 bridgehead atoms. The summed E-state index contributed by atoms with van der Waals surface area (Å²) in [6.07, 6.45) is 55.6. The van der Waals surface area contributed by atoms with Crippen LogP contribution in [0.4, 0.5) is 0 Å². The Morgan fingerprint density at radius 2 is 0.709 bits per heavy atom. The second-order valence-electron chi connectivity index (χ2n) is 24.4. The average molecular weight is 1100 g/mol. The Hall–Kier alpha value is -3.80. The number of aryl methyl sites for hydroxylation is 5. The van der Waals surface area contributed by atoms with E-state index in [-0.39, 0.29) is 0 Å². The van der Waals surface area contributed by atoms with Crippen LogP contribution < -0.4 is 0 Å². The van der Waals surface area contributed by atoms with Crippen LogP contribution in [0.1, 0.15) is 286 Å². The SMILES string of the molecule is CCCCCCCCCCCCCCCCCCCCc1ccc(-c2nc3c(C)ccc(-c4cc5c(s4)c4sc(C)cc4n5CCCC)c3nc2-c2ccc(CCCCCCCCCCCCCCCCCCCC)cc2)cc1. The van der Waals surface area contributed by atoms with Crippen molar-refractivity contribution in [3.05, 3.63) is 94.4 Å². The van der Waals surface area contributed by atoms with Gasteiger partial charge in [0.25, 0.3) is 0 Å². The van der Waals surface area contributed by atoms with Crippen molar-refractivity contribution in [2.45, 2.75) is 298 Å². The zero-order valence-electron chi connectivity index (χ0n) is 51.1. The molecule has 432 valence electrons. The van der Waals surface area contributed by atoms with Crippen molar-refractivity contribution < 1.29 is 0 Å². The summed E-state index contributed by atoms with van der Waals surface area (Å²) in [5.41, 5.74) is 14.3. The zero-order valence-corrected chi connectivity index (χ0v) is 52.7. The maximum atomic E-state index is 5.73. The molecule has 0 unspecified atom stereocenters. The molecule has 0 aliphatic heterocycles. The Balaban J connectivity index is 0.933. The molecular formula is C74H109N3S2. The van der Waals surface area contributed by atoms with Crippen molar-refractivity contribution in [2.24, 2.45) is 0 Å². The quantitative estimate of drug-likeness (QED) is 0.0357. The molecule has 0 aliphatic carbocycles. The van der Waals surface area contributed by atoms with Gasteiger partial charge in [-0.1, -0.05) is 306 Å². The molecule has 3 aromatic carbocycles. The lowest BCUT2D eigenvalue weighted by atomic mass is 9.98. The number of thiophene rings is 2. The third-order valence-electron chi connectivity index (χ3n) is 17.5. The van der Waals surface area contributed by atoms with Gasteiger partial charge in [0.15, 0.2) is 0 Å². The molecule has 0 fully saturated rings. The number of aromatic nitrogens is 3. The van der Waals surface area contributed by atoms with Crippen LogP contribution in [-0.4, -0.2) is 14.5 Å². The number of nitrogens with zero attached hydrogens (tertiary/aromatic N) is 3. The van der Waals surface area contributed by atoms with Gasteiger partial charge in [0.05, 0.1) is 42.9 Å². The molecule has 3 nitrogen and oxygen atoms in total. The Morgan fingerprint density at radius 3 is 1.11 bits per heavy atom. The first-order valence-corrected chi connectivity index (χ1v) is 35.1. The Morgan fingerprint density at radius 1 is 0.354 bits per heavy atom. The van der Waals surface area contributed by atoms with Crippen LogP contribution in [0.2, 0.25) is 0 Å². The smallest absolute Gasteiger partial charge is 0.0984 e. The number of hydrogen-bond donors (Lipinski definition) is 0. The minimum Gasteiger partial charge on any atom is -0.339 e. The molecule has 7 aromatic rings. The fourth-order valence-electron chi connectivity index (χ4n) is 12.4. The van der Waals surface area contributed by atoms with Crippen LogP contribution >= 0.6 is 22.7 Å². The standard InChI is InChI=1S/C74H109N3S2/c1-6-9-12-14-16-18-20-22-24-26-28-30-32-34-36-38-40-42-44-61-47-51-63(52-48-61)70-71(64-53-49-62(50-54-64)45-43-41-39-37-35-33-31-29-27-25-23-21-19-17-15-13-10-7-2)76-72-65(55-46-59(4)69(72)75-70)68-58-67-74(79-68)73-66(57-60(5)78-73)77(67)56-11-8-3/h46-55,57-58H,6-45,56H2,1-5H3. The third-order valence-corrected chi connectivity index (χ3v) is 19.8. The molecule has 7 rings (SSSR count). The molecule has 0 amide bonds. The van der Waals surface area contributed by atoms with E-state index in [1.165, 1.54) is 296 Å². The summed E-state index contributed by atoms with van der Waals surface area (Å²) in [5, 5.41) is 0. The molecule has 4 aromatic heterocycles. The van der Waals surface area contributed by atoms with Crippen molar-refractivity contribution in [2.75, 3.05) is 0 Å². The summed E-state index contributed by atoms with van der Waals surface area (Å²) >= 11 is 3.88. The fraction of sp³-hybridized carbons (Fsp3) is 0.622. The maximum absolute atomic E-state index is 5.73. The monoisotopic (exact) mass is 1100 g/mol. The molecule has 5 heteroatoms. The number of fused-ring (bicyclic) bond motifs is 4. The van der Waals surface area contributed by atoms with E-state index < -0.39 is 0 Å². The van der Waals surface area contributed by atoms with Gasteiger partial charge < -0.3 is 4.57 Å². The summed E-state index contributed by atoms with van der Waals surface area (Å²) in [6, 6.07) is 28.2. The molecule has 0 spiro atoms. The van der Waals surface area contributed by atoms with E-state index in [1.807, 2.05) is 22.7 Å². The molecule has 79 heavy (non-hydrogen) atoms. The van der Waals surface area contributed by atoms with E-state index in [1.54, 1.807) is 0 Å². The second-order valence-corrected chi connectivity index (χ2v) is 26.7. The summed E-state index contributed by atoms with van der Waals surface area (Å²) in [4.78, 5) is 14.0. The van der Waals surface area contributed by atoms with Gasteiger partial charge in [0, 0.05) is 33.0 Å². The first-order chi connectivity index (χ1) is 39.0. The lowest BCUT2D eigenvalue weighted by Gasteiger charge is -2.15. The van der Waals surface area contributed by atoms with Crippen LogP contribution in [0, 0.1) is 13.8 Å². The van der Waals surface area contributed by atoms with E-state index >= 15 is 0 Å². The van der Waals surface area contributed by atoms with Gasteiger partial charge in [-0.3, -0.25) is 0 Å². The summed E-state index contributed by atoms with van der Waals surface area (Å²) in [6.45, 7) is 12.4. The van der Waals surface area contributed by atoms with Gasteiger partial charge in [0.1, 0.15) is 0 Å². The van der Waals surface area contributed by atoms with Crippen molar-refractivity contribution in [3.8, 4) is 33.0 Å². The molecule has 0 atom stereocenters. The highest BCUT2D eigenvalue weighted by molar-refractivity contribution is 7.29. The number of hydrogen-bond acceptors (Lipinski definition) is 4. The van der Waals surface area contributed by atoms with Gasteiger partial charge in [-0.25, -0.2) is 9.97 Å². The highest BCUT2D eigenvalue weighted by Gasteiger charge is 2.22. The van der Waals surface area contributed by atoms with Crippen molar-refractivity contribution in [3.63, 3.8) is 0 Å². The lowest BCUT2D eigenvalue weighted by molar-refractivity contribution is 0.525. The minimum absolute atomic E-state index is 0.986. The molecular weight excluding hydrogens is 995 g/mol. The largest absolute Gasteiger partial charge is 0.339 e. The van der Waals surface area contributed by atoms with Crippen LogP contribution in [0.5, 0.6) is 0 Å². The fourth-order valence-corrected chi connectivity index (χ4v) is 14.8. The molecule has 0 aliphatic rings. The predicted molar refractivity (Wildman–Crippen MR) is 354 cm³/mol. The maximum Gasteiger partial charge on any atom is 0.0984 e. The van der Waals surface area contributed by atoms with Crippen molar-refractivity contribution >= 4 is 54.1 Å². The second kappa shape index (κ2) is 36.6. The van der Waals surface area contributed by atoms with E-state index in [2.05, 4.69) is 112 Å². The zero-order chi connectivity index (χ0) is 55.1. The first-order valence-electron chi connectivity index (χ1n) is 33.5. The molecule has 0 N–H and O–H groups in total. The lowest BCUT2D eigenvalue weighted by Crippen LogP contribution is -1.99. The molecule has 0 saturated carbocycles. The Labute approximate surface area is 491 Å². The van der Waals surface area contributed by atoms with E-state index in [0.717, 1.165) is 52.9 Å². The third kappa shape index (κ3) is 20.5. The molecule has 0 radical (unpaired) electrons. The normalized spacial score (nSPS) is 11.9. The van der Waals surface area contributed by atoms with Crippen LogP contribution in [0.3, 0.4) is 0 Å². The van der Waals surface area contributed by atoms with E-state index in [0.29, 0.717) is 0 Å². The van der Waals surface area contributed by atoms with Crippen LogP contribution in [-0.2, 0) is 19.4 Å². The summed E-state index contributed by atoms with van der Waals surface area (Å²) in [5.74, 6) is 0. The van der Waals surface area contributed by atoms with Gasteiger partial charge in [-0.05, 0) is 74.8 Å². The topological polar surface area (TPSA) is 30.7 Å². The highest BCUT2D eigenvalue weighted by atomic mass is 32.1. The van der Waals surface area contributed by atoms with E-state index in [4.69, 9.17) is 9.97 Å². The predicted octanol–water partition coefficient (Wildman–Crippen LogP) is 25.4. The molecule has 0 saturated heterocycles. The summed E-state index contributed by atoms with van der Waals surface area (Å²) in [7, 11) is 0. The number of benzene rings is 3. The van der Waals surface area contributed by atoms with Gasteiger partial charge >= 0.3 is 0 Å². The first kappa shape index (κ1) is 62.8. The van der Waals surface area contributed by atoms with Crippen LogP contribution in [0.15, 0.2) is 72.8 Å². The minimum atomic E-state index is 0.986. The summed E-state index contributed by atoms with van der Waals surface area (Å²) < 4.78 is 5.42. The Bertz CT molecular complexity index is 2730. The van der Waals surface area contributed by atoms with Gasteiger partial charge in [0.2, 0.25) is 0 Å². The number of unbranched alkanes of at least 4 members (excludes halogenated alkanes) is 35. The van der Waals surface area contributed by atoms with Crippen LogP contribution in [0.25, 0.3) is 64.4 Å². The average Bonchev–Trinajstić information content (AvgIpc) is 4.22. The van der Waals surface area contributed by atoms with Gasteiger partial charge in [-0.15, -0.1) is 22.7 Å². The van der Waals surface area contributed by atoms with E-state index in [9.17, 15) is 0 Å².